The quantitative estimate of drug-likeness (QED) is 0.599. The van der Waals surface area contributed by atoms with Crippen LogP contribution in [0.25, 0.3) is 11.3 Å². The van der Waals surface area contributed by atoms with Gasteiger partial charge in [0.15, 0.2) is 6.39 Å². The van der Waals surface area contributed by atoms with Crippen LogP contribution in [0.1, 0.15) is 43.2 Å². The van der Waals surface area contributed by atoms with Crippen molar-refractivity contribution in [1.82, 2.24) is 14.9 Å². The Hall–Kier alpha value is -2.91. The van der Waals surface area contributed by atoms with Crippen LogP contribution in [0.3, 0.4) is 0 Å². The maximum absolute atomic E-state index is 13.1. The Kier molecular flexibility index (Phi) is 5.64. The van der Waals surface area contributed by atoms with Gasteiger partial charge in [-0.3, -0.25) is 4.90 Å². The molecule has 2 atom stereocenters. The molecule has 1 aromatic carbocycles. The number of hydrogen-bond acceptors (Lipinski definition) is 7. The predicted molar refractivity (Wildman–Crippen MR) is 130 cm³/mol. The normalized spacial score (nSPS) is 24.7. The Morgan fingerprint density at radius 1 is 1.21 bits per heavy atom. The van der Waals surface area contributed by atoms with Crippen LogP contribution in [0.2, 0.25) is 0 Å². The van der Waals surface area contributed by atoms with Crippen LogP contribution in [0.15, 0.2) is 47.2 Å². The van der Waals surface area contributed by atoms with Crippen molar-refractivity contribution in [2.75, 3.05) is 16.6 Å². The fourth-order valence-electron chi connectivity index (χ4n) is 5.50. The summed E-state index contributed by atoms with van der Waals surface area (Å²) in [5, 5.41) is 10.4. The van der Waals surface area contributed by atoms with Gasteiger partial charge in [-0.2, -0.15) is 0 Å². The molecule has 3 aromatic rings. The van der Waals surface area contributed by atoms with Crippen LogP contribution in [0.5, 0.6) is 5.75 Å². The number of oxazole rings is 1. The third-order valence-corrected chi connectivity index (χ3v) is 9.08. The number of aromatic nitrogens is 2. The van der Waals surface area contributed by atoms with E-state index in [0.29, 0.717) is 35.8 Å². The summed E-state index contributed by atoms with van der Waals surface area (Å²) in [5.41, 5.74) is 2.74. The lowest BCUT2D eigenvalue weighted by molar-refractivity contribution is 0.102. The first kappa shape index (κ1) is 22.9. The van der Waals surface area contributed by atoms with E-state index in [4.69, 9.17) is 4.42 Å². The number of pyridine rings is 1. The molecule has 4 heterocycles. The van der Waals surface area contributed by atoms with E-state index in [9.17, 15) is 13.5 Å². The average molecular weight is 483 g/mol. The topological polar surface area (TPSA) is 99.8 Å². The molecule has 2 saturated heterocycles. The molecule has 34 heavy (non-hydrogen) atoms. The molecule has 180 valence electrons. The predicted octanol–water partition coefficient (Wildman–Crippen LogP) is 4.02. The van der Waals surface area contributed by atoms with E-state index in [2.05, 4.69) is 21.8 Å². The summed E-state index contributed by atoms with van der Waals surface area (Å²) >= 11 is 0. The number of anilines is 1. The second-order valence-corrected chi connectivity index (χ2v) is 11.5. The van der Waals surface area contributed by atoms with Crippen molar-refractivity contribution in [3.05, 3.63) is 59.8 Å². The number of sulfonamides is 1. The molecular weight excluding hydrogens is 452 g/mol. The second-order valence-electron chi connectivity index (χ2n) is 9.57. The molecule has 0 amide bonds. The third-order valence-electron chi connectivity index (χ3n) is 7.23. The standard InChI is InChI=1S/C25H30N4O4S/c1-17-5-4-6-23(27-17)29-25(10-12-34(29,31)32)9-11-28(18(2)14-25)15-20-7-8-22(30)21(13-20)24-19(3)33-16-26-24/h4-8,13,16,18,30H,9-12,14-15H2,1-3H3/t18-,25-/m0/s1. The van der Waals surface area contributed by atoms with E-state index in [-0.39, 0.29) is 17.5 Å². The number of phenolic OH excluding ortho intramolecular Hbond substituents is 1. The molecule has 2 fully saturated rings. The van der Waals surface area contributed by atoms with E-state index in [0.717, 1.165) is 30.6 Å². The number of aromatic hydroxyl groups is 1. The fraction of sp³-hybridized carbons (Fsp3) is 0.440. The molecule has 9 heteroatoms. The Bertz CT molecular complexity index is 1320. The minimum absolute atomic E-state index is 0.160. The average Bonchev–Trinajstić information content (AvgIpc) is 3.31. The lowest BCUT2D eigenvalue weighted by Crippen LogP contribution is -2.56. The Labute approximate surface area is 200 Å². The highest BCUT2D eigenvalue weighted by Gasteiger charge is 2.53. The number of aryl methyl sites for hydroxylation is 2. The van der Waals surface area contributed by atoms with E-state index in [1.165, 1.54) is 6.39 Å². The van der Waals surface area contributed by atoms with Crippen molar-refractivity contribution in [3.8, 4) is 17.0 Å². The molecule has 2 aliphatic rings. The summed E-state index contributed by atoms with van der Waals surface area (Å²) in [5.74, 6) is 1.52. The first-order chi connectivity index (χ1) is 16.2. The minimum Gasteiger partial charge on any atom is -0.507 e. The van der Waals surface area contributed by atoms with E-state index in [1.54, 1.807) is 16.4 Å². The van der Waals surface area contributed by atoms with Gasteiger partial charge >= 0.3 is 0 Å². The Balaban J connectivity index is 1.38. The van der Waals surface area contributed by atoms with Gasteiger partial charge in [0.2, 0.25) is 10.0 Å². The van der Waals surface area contributed by atoms with Crippen molar-refractivity contribution >= 4 is 15.8 Å². The van der Waals surface area contributed by atoms with Gasteiger partial charge in [-0.1, -0.05) is 12.1 Å². The summed E-state index contributed by atoms with van der Waals surface area (Å²) in [6, 6.07) is 11.3. The molecule has 0 radical (unpaired) electrons. The smallest absolute Gasteiger partial charge is 0.236 e. The van der Waals surface area contributed by atoms with Crippen LogP contribution in [0, 0.1) is 13.8 Å². The largest absolute Gasteiger partial charge is 0.507 e. The molecule has 2 aliphatic heterocycles. The van der Waals surface area contributed by atoms with Crippen LogP contribution in [0.4, 0.5) is 5.82 Å². The number of phenols is 1. The minimum atomic E-state index is -3.40. The van der Waals surface area contributed by atoms with E-state index < -0.39 is 15.6 Å². The molecule has 0 saturated carbocycles. The molecule has 5 rings (SSSR count). The Morgan fingerprint density at radius 2 is 2.03 bits per heavy atom. The van der Waals surface area contributed by atoms with Gasteiger partial charge in [0.25, 0.3) is 0 Å². The van der Waals surface area contributed by atoms with Gasteiger partial charge in [0.05, 0.1) is 11.3 Å². The first-order valence-electron chi connectivity index (χ1n) is 11.6. The molecule has 0 unspecified atom stereocenters. The lowest BCUT2D eigenvalue weighted by Gasteiger charge is -2.47. The highest BCUT2D eigenvalue weighted by atomic mass is 32.2. The number of piperidine rings is 1. The molecule has 8 nitrogen and oxygen atoms in total. The van der Waals surface area contributed by atoms with Crippen molar-refractivity contribution in [3.63, 3.8) is 0 Å². The van der Waals surface area contributed by atoms with Gasteiger partial charge in [0, 0.05) is 30.4 Å². The van der Waals surface area contributed by atoms with Gasteiger partial charge in [0.1, 0.15) is 23.0 Å². The number of hydrogen-bond donors (Lipinski definition) is 1. The highest BCUT2D eigenvalue weighted by molar-refractivity contribution is 7.93. The van der Waals surface area contributed by atoms with Crippen LogP contribution >= 0.6 is 0 Å². The maximum atomic E-state index is 13.1. The number of nitrogens with zero attached hydrogens (tertiary/aromatic N) is 4. The van der Waals surface area contributed by atoms with Gasteiger partial charge in [-0.05, 0) is 69.9 Å². The molecule has 0 bridgehead atoms. The Morgan fingerprint density at radius 3 is 2.74 bits per heavy atom. The van der Waals surface area contributed by atoms with Crippen molar-refractivity contribution in [2.24, 2.45) is 0 Å². The van der Waals surface area contributed by atoms with Crippen molar-refractivity contribution in [1.29, 1.82) is 0 Å². The fourth-order valence-corrected chi connectivity index (χ4v) is 7.56. The van der Waals surface area contributed by atoms with E-state index in [1.807, 2.05) is 38.1 Å². The second kappa shape index (κ2) is 8.39. The number of benzene rings is 1. The molecule has 1 spiro atoms. The van der Waals surface area contributed by atoms with Gasteiger partial charge < -0.3 is 9.52 Å². The van der Waals surface area contributed by atoms with Crippen LogP contribution < -0.4 is 4.31 Å². The number of likely N-dealkylation sites (tertiary alicyclic amines) is 1. The molecule has 2 aromatic heterocycles. The summed E-state index contributed by atoms with van der Waals surface area (Å²) in [4.78, 5) is 11.2. The molecular formula is C25H30N4O4S. The maximum Gasteiger partial charge on any atom is 0.236 e. The zero-order chi connectivity index (χ0) is 24.1. The molecule has 0 aliphatic carbocycles. The molecule has 1 N–H and O–H groups in total. The monoisotopic (exact) mass is 482 g/mol. The van der Waals surface area contributed by atoms with Crippen LogP contribution in [-0.4, -0.2) is 52.3 Å². The highest BCUT2D eigenvalue weighted by Crippen LogP contribution is 2.45. The van der Waals surface area contributed by atoms with Crippen molar-refractivity contribution < 1.29 is 17.9 Å². The third kappa shape index (κ3) is 3.96. The SMILES string of the molecule is Cc1cccc(N2[C@@]3(CCN(Cc4ccc(O)c(-c5ncoc5C)c4)[C@@H](C)C3)CCS2(=O)=O)n1. The van der Waals surface area contributed by atoms with Crippen LogP contribution in [-0.2, 0) is 16.6 Å². The van der Waals surface area contributed by atoms with Gasteiger partial charge in [-0.15, -0.1) is 0 Å². The summed E-state index contributed by atoms with van der Waals surface area (Å²) in [6.45, 7) is 7.35. The first-order valence-corrected chi connectivity index (χ1v) is 13.2. The lowest BCUT2D eigenvalue weighted by atomic mass is 9.81. The summed E-state index contributed by atoms with van der Waals surface area (Å²) < 4.78 is 33.1. The van der Waals surface area contributed by atoms with Crippen molar-refractivity contribution in [2.45, 2.75) is 58.2 Å². The number of rotatable bonds is 4. The van der Waals surface area contributed by atoms with E-state index >= 15 is 0 Å². The zero-order valence-electron chi connectivity index (χ0n) is 19.7. The van der Waals surface area contributed by atoms with Gasteiger partial charge in [-0.25, -0.2) is 22.7 Å². The summed E-state index contributed by atoms with van der Waals surface area (Å²) in [7, 11) is -3.40. The zero-order valence-corrected chi connectivity index (χ0v) is 20.5. The summed E-state index contributed by atoms with van der Waals surface area (Å²) in [6.07, 6.45) is 3.50.